The summed E-state index contributed by atoms with van der Waals surface area (Å²) in [5, 5.41) is 0. The zero-order valence-electron chi connectivity index (χ0n) is 14.7. The molecular formula is C20H20O6. The van der Waals surface area contributed by atoms with Crippen LogP contribution in [0.15, 0.2) is 48.5 Å². The van der Waals surface area contributed by atoms with Crippen LogP contribution in [0.5, 0.6) is 0 Å². The molecule has 0 unspecified atom stereocenters. The molecule has 2 radical (unpaired) electrons. The van der Waals surface area contributed by atoms with E-state index in [1.165, 1.54) is 0 Å². The van der Waals surface area contributed by atoms with E-state index in [-0.39, 0.29) is 12.7 Å². The fraction of sp³-hybridized carbons (Fsp3) is 0.200. The van der Waals surface area contributed by atoms with Crippen molar-refractivity contribution in [3.63, 3.8) is 0 Å². The highest BCUT2D eigenvalue weighted by molar-refractivity contribution is 5.89. The quantitative estimate of drug-likeness (QED) is 0.519. The third-order valence-electron chi connectivity index (χ3n) is 3.38. The average Bonchev–Trinajstić information content (AvgIpc) is 2.64. The molecule has 0 spiro atoms. The van der Waals surface area contributed by atoms with Crippen molar-refractivity contribution in [1.29, 1.82) is 0 Å². The molecule has 2 aromatic carbocycles. The summed E-state index contributed by atoms with van der Waals surface area (Å²) in [7, 11) is 0. The first-order valence-electron chi connectivity index (χ1n) is 8.05. The molecule has 26 heavy (non-hydrogen) atoms. The minimum absolute atomic E-state index is 0.180. The van der Waals surface area contributed by atoms with Crippen molar-refractivity contribution in [3.05, 3.63) is 84.0 Å². The Labute approximate surface area is 152 Å². The topological polar surface area (TPSA) is 71.1 Å². The van der Waals surface area contributed by atoms with Gasteiger partial charge in [-0.2, -0.15) is 0 Å². The summed E-state index contributed by atoms with van der Waals surface area (Å²) in [5.74, 6) is -1.39. The second-order valence-corrected chi connectivity index (χ2v) is 5.62. The monoisotopic (exact) mass is 356 g/mol. The van der Waals surface area contributed by atoms with Crippen molar-refractivity contribution in [2.24, 2.45) is 0 Å². The Morgan fingerprint density at radius 1 is 0.731 bits per heavy atom. The van der Waals surface area contributed by atoms with Crippen molar-refractivity contribution >= 4 is 11.9 Å². The molecular weight excluding hydrogens is 336 g/mol. The van der Waals surface area contributed by atoms with Gasteiger partial charge >= 0.3 is 18.2 Å². The molecule has 0 aliphatic carbocycles. The second kappa shape index (κ2) is 9.70. The van der Waals surface area contributed by atoms with Crippen molar-refractivity contribution in [1.82, 2.24) is 0 Å². The molecule has 0 atom stereocenters. The van der Waals surface area contributed by atoms with Crippen LogP contribution in [-0.4, -0.2) is 11.9 Å². The number of hydrogen-bond acceptors (Lipinski definition) is 6. The van der Waals surface area contributed by atoms with E-state index in [0.29, 0.717) is 17.5 Å². The smallest absolute Gasteiger partial charge is 0.289 e. The van der Waals surface area contributed by atoms with Crippen LogP contribution in [0.4, 0.5) is 0 Å². The van der Waals surface area contributed by atoms with Crippen LogP contribution in [0, 0.1) is 27.1 Å². The Hall–Kier alpha value is -2.70. The predicted molar refractivity (Wildman–Crippen MR) is 93.2 cm³/mol. The molecule has 0 aromatic heterocycles. The summed E-state index contributed by atoms with van der Waals surface area (Å²) in [6.45, 7) is 7.46. The van der Waals surface area contributed by atoms with E-state index in [2.05, 4.69) is 6.92 Å². The van der Waals surface area contributed by atoms with Crippen LogP contribution in [0.25, 0.3) is 0 Å². The van der Waals surface area contributed by atoms with Crippen LogP contribution in [-0.2, 0) is 19.6 Å². The van der Waals surface area contributed by atoms with Gasteiger partial charge in [-0.15, -0.1) is 9.78 Å². The van der Waals surface area contributed by atoms with Crippen LogP contribution in [0.1, 0.15) is 44.7 Å². The number of hydrogen-bond donors (Lipinski definition) is 0. The SMILES string of the molecule is [CH2]CC[C](OOC(=O)c1ccc(C)cc1)OOC(=O)c1ccc(C)cc1. The molecule has 6 heteroatoms. The summed E-state index contributed by atoms with van der Waals surface area (Å²) >= 11 is 0. The first-order chi connectivity index (χ1) is 12.5. The Kier molecular flexibility index (Phi) is 7.32. The number of carbonyl (C=O) groups is 2. The van der Waals surface area contributed by atoms with Gasteiger partial charge in [0, 0.05) is 6.42 Å². The van der Waals surface area contributed by atoms with Gasteiger partial charge in [-0.25, -0.2) is 9.59 Å². The maximum Gasteiger partial charge on any atom is 0.373 e. The van der Waals surface area contributed by atoms with Crippen molar-refractivity contribution < 1.29 is 29.1 Å². The van der Waals surface area contributed by atoms with Gasteiger partial charge in [-0.3, -0.25) is 9.78 Å². The third kappa shape index (κ3) is 5.98. The standard InChI is InChI=1S/C20H20O6/c1-4-5-18(23-25-19(21)16-10-6-14(2)7-11-16)24-26-20(22)17-12-8-15(3)9-13-17/h6-13H,1,4-5H2,2-3H3. The minimum Gasteiger partial charge on any atom is -0.289 e. The Bertz CT molecular complexity index is 659. The Morgan fingerprint density at radius 3 is 1.46 bits per heavy atom. The molecule has 0 aliphatic rings. The zero-order valence-corrected chi connectivity index (χ0v) is 14.7. The van der Waals surface area contributed by atoms with Gasteiger partial charge in [0.25, 0.3) is 0 Å². The number of carbonyl (C=O) groups excluding carboxylic acids is 2. The lowest BCUT2D eigenvalue weighted by molar-refractivity contribution is -0.363. The molecule has 2 rings (SSSR count). The zero-order chi connectivity index (χ0) is 18.9. The number of rotatable bonds is 8. The van der Waals surface area contributed by atoms with Crippen LogP contribution in [0.3, 0.4) is 0 Å². The van der Waals surface area contributed by atoms with Gasteiger partial charge in [0.2, 0.25) is 0 Å². The lowest BCUT2D eigenvalue weighted by Crippen LogP contribution is -2.16. The van der Waals surface area contributed by atoms with E-state index < -0.39 is 11.9 Å². The van der Waals surface area contributed by atoms with Crippen molar-refractivity contribution in [2.45, 2.75) is 26.7 Å². The molecule has 6 nitrogen and oxygen atoms in total. The first kappa shape index (κ1) is 19.6. The lowest BCUT2D eigenvalue weighted by Gasteiger charge is -2.12. The maximum absolute atomic E-state index is 11.9. The molecule has 0 saturated heterocycles. The van der Waals surface area contributed by atoms with E-state index in [0.717, 1.165) is 11.1 Å². The largest absolute Gasteiger partial charge is 0.373 e. The molecule has 2 aromatic rings. The van der Waals surface area contributed by atoms with Gasteiger partial charge in [0.05, 0.1) is 11.1 Å². The molecule has 0 saturated carbocycles. The van der Waals surface area contributed by atoms with Crippen molar-refractivity contribution in [2.75, 3.05) is 0 Å². The number of aryl methyl sites for hydroxylation is 2. The highest BCUT2D eigenvalue weighted by Gasteiger charge is 2.20. The summed E-state index contributed by atoms with van der Waals surface area (Å²) in [4.78, 5) is 43.0. The normalized spacial score (nSPS) is 10.6. The predicted octanol–water partition coefficient (Wildman–Crippen LogP) is 4.28. The first-order valence-corrected chi connectivity index (χ1v) is 8.05. The highest BCUT2D eigenvalue weighted by Crippen LogP contribution is 2.16. The molecule has 0 aliphatic heterocycles. The summed E-state index contributed by atoms with van der Waals surface area (Å²) < 4.78 is 0. The summed E-state index contributed by atoms with van der Waals surface area (Å²) in [6, 6.07) is 13.5. The third-order valence-corrected chi connectivity index (χ3v) is 3.38. The second-order valence-electron chi connectivity index (χ2n) is 5.62. The Morgan fingerprint density at radius 2 is 1.12 bits per heavy atom. The van der Waals surface area contributed by atoms with Gasteiger partial charge in [0.1, 0.15) is 0 Å². The molecule has 0 bridgehead atoms. The van der Waals surface area contributed by atoms with Gasteiger partial charge in [-0.1, -0.05) is 42.3 Å². The average molecular weight is 356 g/mol. The Balaban J connectivity index is 1.85. The van der Waals surface area contributed by atoms with E-state index in [9.17, 15) is 9.59 Å². The molecule has 0 heterocycles. The summed E-state index contributed by atoms with van der Waals surface area (Å²) in [5.41, 5.74) is 2.67. The maximum atomic E-state index is 11.9. The van der Waals surface area contributed by atoms with Crippen LogP contribution in [0.2, 0.25) is 0 Å². The van der Waals surface area contributed by atoms with E-state index in [1.54, 1.807) is 48.5 Å². The van der Waals surface area contributed by atoms with E-state index in [4.69, 9.17) is 19.6 Å². The van der Waals surface area contributed by atoms with Gasteiger partial charge in [-0.05, 0) is 44.5 Å². The molecule has 0 fully saturated rings. The van der Waals surface area contributed by atoms with Crippen molar-refractivity contribution in [3.8, 4) is 0 Å². The molecule has 136 valence electrons. The van der Waals surface area contributed by atoms with Crippen LogP contribution < -0.4 is 0 Å². The van der Waals surface area contributed by atoms with Gasteiger partial charge < -0.3 is 0 Å². The fourth-order valence-electron chi connectivity index (χ4n) is 1.89. The van der Waals surface area contributed by atoms with E-state index in [1.807, 2.05) is 13.8 Å². The molecule has 0 N–H and O–H groups in total. The molecule has 0 amide bonds. The van der Waals surface area contributed by atoms with E-state index >= 15 is 0 Å². The lowest BCUT2D eigenvalue weighted by atomic mass is 10.2. The van der Waals surface area contributed by atoms with Crippen LogP contribution >= 0.6 is 0 Å². The van der Waals surface area contributed by atoms with Gasteiger partial charge in [0.15, 0.2) is 0 Å². The minimum atomic E-state index is -0.694. The number of benzene rings is 2. The fourth-order valence-corrected chi connectivity index (χ4v) is 1.89. The summed E-state index contributed by atoms with van der Waals surface area (Å²) in [6.07, 6.45) is 0.392. The highest BCUT2D eigenvalue weighted by atomic mass is 17.3.